The van der Waals surface area contributed by atoms with Crippen LogP contribution in [-0.4, -0.2) is 25.4 Å². The summed E-state index contributed by atoms with van der Waals surface area (Å²) in [5.74, 6) is 0.439. The standard InChI is InChI=1S/C13H19ClO2/c1-10(7-8-16-2)12(9-15)11-5-3-4-6-13(11)14/h3-6,10,12,15H,7-9H2,1-2H3. The summed E-state index contributed by atoms with van der Waals surface area (Å²) in [6.45, 7) is 2.94. The fourth-order valence-electron chi connectivity index (χ4n) is 1.87. The van der Waals surface area contributed by atoms with Crippen molar-refractivity contribution in [2.45, 2.75) is 19.3 Å². The van der Waals surface area contributed by atoms with Gasteiger partial charge in [0.1, 0.15) is 0 Å². The van der Waals surface area contributed by atoms with Crippen molar-refractivity contribution in [3.63, 3.8) is 0 Å². The van der Waals surface area contributed by atoms with E-state index in [0.29, 0.717) is 12.5 Å². The zero-order valence-corrected chi connectivity index (χ0v) is 10.6. The van der Waals surface area contributed by atoms with Crippen LogP contribution in [0.4, 0.5) is 0 Å². The molecule has 1 aromatic carbocycles. The van der Waals surface area contributed by atoms with Crippen molar-refractivity contribution >= 4 is 11.6 Å². The molecule has 0 aliphatic heterocycles. The van der Waals surface area contributed by atoms with E-state index in [4.69, 9.17) is 16.3 Å². The molecule has 16 heavy (non-hydrogen) atoms. The van der Waals surface area contributed by atoms with Crippen LogP contribution in [0.25, 0.3) is 0 Å². The van der Waals surface area contributed by atoms with E-state index in [1.807, 2.05) is 24.3 Å². The van der Waals surface area contributed by atoms with Crippen LogP contribution in [0.5, 0.6) is 0 Å². The number of rotatable bonds is 6. The lowest BCUT2D eigenvalue weighted by molar-refractivity contribution is 0.159. The molecule has 0 radical (unpaired) electrons. The Balaban J connectivity index is 2.77. The van der Waals surface area contributed by atoms with Gasteiger partial charge in [0.15, 0.2) is 0 Å². The Morgan fingerprint density at radius 2 is 2.06 bits per heavy atom. The smallest absolute Gasteiger partial charge is 0.0502 e. The first-order valence-corrected chi connectivity index (χ1v) is 5.92. The highest BCUT2D eigenvalue weighted by molar-refractivity contribution is 6.31. The SMILES string of the molecule is COCCC(C)C(CO)c1ccccc1Cl. The Kier molecular flexibility index (Phi) is 5.81. The third kappa shape index (κ3) is 3.48. The molecule has 0 amide bonds. The minimum absolute atomic E-state index is 0.0869. The molecule has 0 saturated carbocycles. The van der Waals surface area contributed by atoms with Crippen LogP contribution in [0.2, 0.25) is 5.02 Å². The van der Waals surface area contributed by atoms with Crippen LogP contribution in [0.3, 0.4) is 0 Å². The molecule has 0 aliphatic rings. The zero-order chi connectivity index (χ0) is 12.0. The first-order valence-electron chi connectivity index (χ1n) is 5.55. The largest absolute Gasteiger partial charge is 0.396 e. The highest BCUT2D eigenvalue weighted by Crippen LogP contribution is 2.31. The van der Waals surface area contributed by atoms with Gasteiger partial charge in [0.2, 0.25) is 0 Å². The van der Waals surface area contributed by atoms with Gasteiger partial charge in [0.05, 0.1) is 6.61 Å². The number of benzene rings is 1. The molecule has 3 heteroatoms. The average Bonchev–Trinajstić information content (AvgIpc) is 2.30. The Morgan fingerprint density at radius 1 is 1.38 bits per heavy atom. The van der Waals surface area contributed by atoms with Crippen molar-refractivity contribution < 1.29 is 9.84 Å². The molecule has 0 fully saturated rings. The van der Waals surface area contributed by atoms with Crippen molar-refractivity contribution in [3.05, 3.63) is 34.9 Å². The minimum atomic E-state index is 0.0869. The second-order valence-corrected chi connectivity index (χ2v) is 4.48. The van der Waals surface area contributed by atoms with Crippen LogP contribution < -0.4 is 0 Å². The molecule has 1 N–H and O–H groups in total. The van der Waals surface area contributed by atoms with Gasteiger partial charge >= 0.3 is 0 Å². The monoisotopic (exact) mass is 242 g/mol. The quantitative estimate of drug-likeness (QED) is 0.831. The number of aliphatic hydroxyl groups excluding tert-OH is 1. The molecule has 2 atom stereocenters. The third-order valence-corrected chi connectivity index (χ3v) is 3.31. The molecule has 1 aromatic rings. The third-order valence-electron chi connectivity index (χ3n) is 2.97. The molecule has 0 aliphatic carbocycles. The van der Waals surface area contributed by atoms with Crippen molar-refractivity contribution in [3.8, 4) is 0 Å². The number of hydrogen-bond donors (Lipinski definition) is 1. The predicted octanol–water partition coefficient (Wildman–Crippen LogP) is 3.09. The van der Waals surface area contributed by atoms with E-state index in [1.54, 1.807) is 7.11 Å². The second kappa shape index (κ2) is 6.89. The van der Waals surface area contributed by atoms with Gasteiger partial charge in [-0.2, -0.15) is 0 Å². The molecule has 0 bridgehead atoms. The Morgan fingerprint density at radius 3 is 2.62 bits per heavy atom. The molecule has 0 spiro atoms. The number of halogens is 1. The van der Waals surface area contributed by atoms with Crippen LogP contribution >= 0.6 is 11.6 Å². The van der Waals surface area contributed by atoms with Gasteiger partial charge in [-0.25, -0.2) is 0 Å². The number of aliphatic hydroxyl groups is 1. The van der Waals surface area contributed by atoms with Gasteiger partial charge in [-0.1, -0.05) is 36.7 Å². The molecular formula is C13H19ClO2. The van der Waals surface area contributed by atoms with Crippen LogP contribution in [-0.2, 0) is 4.74 Å². The van der Waals surface area contributed by atoms with E-state index in [9.17, 15) is 5.11 Å². The molecule has 90 valence electrons. The lowest BCUT2D eigenvalue weighted by Gasteiger charge is -2.23. The Labute approximate surface area is 102 Å². The van der Waals surface area contributed by atoms with Crippen LogP contribution in [0, 0.1) is 5.92 Å². The first kappa shape index (κ1) is 13.5. The zero-order valence-electron chi connectivity index (χ0n) is 9.82. The Hall–Kier alpha value is -0.570. The molecular weight excluding hydrogens is 224 g/mol. The number of hydrogen-bond acceptors (Lipinski definition) is 2. The number of methoxy groups -OCH3 is 1. The van der Waals surface area contributed by atoms with Crippen molar-refractivity contribution in [1.29, 1.82) is 0 Å². The number of ether oxygens (including phenoxy) is 1. The lowest BCUT2D eigenvalue weighted by Crippen LogP contribution is -2.16. The van der Waals surface area contributed by atoms with E-state index in [-0.39, 0.29) is 12.5 Å². The van der Waals surface area contributed by atoms with Gasteiger partial charge in [-0.05, 0) is 24.0 Å². The molecule has 2 unspecified atom stereocenters. The first-order chi connectivity index (χ1) is 7.70. The predicted molar refractivity (Wildman–Crippen MR) is 66.9 cm³/mol. The maximum atomic E-state index is 9.47. The molecule has 0 aromatic heterocycles. The van der Waals surface area contributed by atoms with E-state index < -0.39 is 0 Å². The summed E-state index contributed by atoms with van der Waals surface area (Å²) in [6.07, 6.45) is 0.924. The Bertz CT molecular complexity index is 315. The summed E-state index contributed by atoms with van der Waals surface area (Å²) < 4.78 is 5.06. The summed E-state index contributed by atoms with van der Waals surface area (Å²) >= 11 is 6.13. The fourth-order valence-corrected chi connectivity index (χ4v) is 2.14. The molecule has 2 nitrogen and oxygen atoms in total. The average molecular weight is 243 g/mol. The highest BCUT2D eigenvalue weighted by Gasteiger charge is 2.20. The van der Waals surface area contributed by atoms with Gasteiger partial charge in [0, 0.05) is 24.7 Å². The van der Waals surface area contributed by atoms with E-state index in [1.165, 1.54) is 0 Å². The van der Waals surface area contributed by atoms with Crippen molar-refractivity contribution in [2.75, 3.05) is 20.3 Å². The van der Waals surface area contributed by atoms with Crippen LogP contribution in [0.1, 0.15) is 24.8 Å². The maximum absolute atomic E-state index is 9.47. The summed E-state index contributed by atoms with van der Waals surface area (Å²) in [4.78, 5) is 0. The highest BCUT2D eigenvalue weighted by atomic mass is 35.5. The summed E-state index contributed by atoms with van der Waals surface area (Å²) in [6, 6.07) is 7.70. The van der Waals surface area contributed by atoms with Gasteiger partial charge in [0.25, 0.3) is 0 Å². The topological polar surface area (TPSA) is 29.5 Å². The molecule has 0 saturated heterocycles. The summed E-state index contributed by atoms with van der Waals surface area (Å²) in [5, 5.41) is 10.2. The van der Waals surface area contributed by atoms with Crippen molar-refractivity contribution in [2.24, 2.45) is 5.92 Å². The van der Waals surface area contributed by atoms with Gasteiger partial charge < -0.3 is 9.84 Å². The lowest BCUT2D eigenvalue weighted by atomic mass is 9.86. The van der Waals surface area contributed by atoms with E-state index in [2.05, 4.69) is 6.92 Å². The normalized spacial score (nSPS) is 14.8. The van der Waals surface area contributed by atoms with Gasteiger partial charge in [-0.3, -0.25) is 0 Å². The maximum Gasteiger partial charge on any atom is 0.0502 e. The van der Waals surface area contributed by atoms with E-state index >= 15 is 0 Å². The van der Waals surface area contributed by atoms with Gasteiger partial charge in [-0.15, -0.1) is 0 Å². The summed E-state index contributed by atoms with van der Waals surface area (Å²) in [5.41, 5.74) is 1.02. The summed E-state index contributed by atoms with van der Waals surface area (Å²) in [7, 11) is 1.69. The van der Waals surface area contributed by atoms with Crippen LogP contribution in [0.15, 0.2) is 24.3 Å². The second-order valence-electron chi connectivity index (χ2n) is 4.07. The van der Waals surface area contributed by atoms with E-state index in [0.717, 1.165) is 17.0 Å². The molecule has 1 rings (SSSR count). The minimum Gasteiger partial charge on any atom is -0.396 e. The fraction of sp³-hybridized carbons (Fsp3) is 0.538. The molecule has 0 heterocycles. The van der Waals surface area contributed by atoms with Crippen molar-refractivity contribution in [1.82, 2.24) is 0 Å².